The van der Waals surface area contributed by atoms with E-state index in [1.807, 2.05) is 42.5 Å². The van der Waals surface area contributed by atoms with Gasteiger partial charge in [0.25, 0.3) is 5.91 Å². The largest absolute Gasteiger partial charge is 0.395 e. The molecule has 1 aromatic heterocycles. The predicted molar refractivity (Wildman–Crippen MR) is 78.7 cm³/mol. The number of rotatable bonds is 3. The van der Waals surface area contributed by atoms with Crippen LogP contribution in [0.15, 0.2) is 48.7 Å². The van der Waals surface area contributed by atoms with Crippen LogP contribution in [-0.2, 0) is 0 Å². The first-order valence-electron chi connectivity index (χ1n) is 6.47. The number of benzene rings is 2. The number of aliphatic hydroxyl groups is 1. The summed E-state index contributed by atoms with van der Waals surface area (Å²) in [6, 6.07) is 13.6. The lowest BCUT2D eigenvalue weighted by Gasteiger charge is -2.09. The molecule has 1 heterocycles. The van der Waals surface area contributed by atoms with Crippen LogP contribution in [0.1, 0.15) is 10.4 Å². The van der Waals surface area contributed by atoms with E-state index in [2.05, 4.69) is 10.3 Å². The highest BCUT2D eigenvalue weighted by Crippen LogP contribution is 2.27. The van der Waals surface area contributed by atoms with Crippen LogP contribution in [0.4, 0.5) is 0 Å². The Kier molecular flexibility index (Phi) is 3.31. The number of nitrogens with one attached hydrogen (secondary N) is 1. The molecule has 0 atom stereocenters. The number of aliphatic hydroxyl groups excluding tert-OH is 1. The first kappa shape index (κ1) is 12.6. The van der Waals surface area contributed by atoms with Gasteiger partial charge in [0.1, 0.15) is 0 Å². The Morgan fingerprint density at radius 2 is 1.95 bits per heavy atom. The Morgan fingerprint density at radius 3 is 2.80 bits per heavy atom. The number of carbonyl (C=O) groups is 1. The Balaban J connectivity index is 2.26. The highest BCUT2D eigenvalue weighted by Gasteiger charge is 2.13. The van der Waals surface area contributed by atoms with Crippen LogP contribution in [0.25, 0.3) is 21.7 Å². The molecule has 0 fully saturated rings. The lowest BCUT2D eigenvalue weighted by Crippen LogP contribution is -2.26. The summed E-state index contributed by atoms with van der Waals surface area (Å²) in [5.41, 5.74) is 1.22. The second kappa shape index (κ2) is 5.27. The van der Waals surface area contributed by atoms with Gasteiger partial charge in [-0.05, 0) is 22.9 Å². The molecule has 100 valence electrons. The van der Waals surface area contributed by atoms with Gasteiger partial charge in [0.2, 0.25) is 0 Å². The summed E-state index contributed by atoms with van der Waals surface area (Å²) in [6.45, 7) is 0.157. The lowest BCUT2D eigenvalue weighted by atomic mass is 10.0. The number of nitrogens with zero attached hydrogens (tertiary/aromatic N) is 1. The minimum absolute atomic E-state index is 0.0787. The first-order valence-corrected chi connectivity index (χ1v) is 6.47. The summed E-state index contributed by atoms with van der Waals surface area (Å²) in [5.74, 6) is -0.214. The Labute approximate surface area is 116 Å². The molecule has 0 radical (unpaired) electrons. The normalized spacial score (nSPS) is 10.8. The molecule has 0 spiro atoms. The summed E-state index contributed by atoms with van der Waals surface area (Å²) in [5, 5.41) is 14.5. The molecule has 0 aliphatic heterocycles. The second-order valence-corrected chi connectivity index (χ2v) is 4.52. The van der Waals surface area contributed by atoms with Crippen molar-refractivity contribution in [2.24, 2.45) is 0 Å². The minimum Gasteiger partial charge on any atom is -0.395 e. The standard InChI is InChI=1S/C16H14N2O2/c19-9-8-18-16(20)14-10-11-4-1-2-5-12(11)13-6-3-7-17-15(13)14/h1-7,10,19H,8-9H2,(H,18,20). The van der Waals surface area contributed by atoms with Gasteiger partial charge in [-0.2, -0.15) is 0 Å². The molecule has 4 heteroatoms. The van der Waals surface area contributed by atoms with Gasteiger partial charge < -0.3 is 10.4 Å². The van der Waals surface area contributed by atoms with Crippen LogP contribution >= 0.6 is 0 Å². The van der Waals surface area contributed by atoms with Crippen molar-refractivity contribution in [2.45, 2.75) is 0 Å². The van der Waals surface area contributed by atoms with E-state index in [9.17, 15) is 4.79 Å². The number of hydrogen-bond donors (Lipinski definition) is 2. The van der Waals surface area contributed by atoms with Gasteiger partial charge in [-0.3, -0.25) is 9.78 Å². The van der Waals surface area contributed by atoms with Gasteiger partial charge in [0, 0.05) is 18.1 Å². The number of carbonyl (C=O) groups excluding carboxylic acids is 1. The van der Waals surface area contributed by atoms with Gasteiger partial charge in [0.15, 0.2) is 0 Å². The molecule has 4 nitrogen and oxygen atoms in total. The fourth-order valence-corrected chi connectivity index (χ4v) is 2.37. The molecule has 3 aromatic rings. The molecular formula is C16H14N2O2. The smallest absolute Gasteiger partial charge is 0.253 e. The first-order chi connectivity index (χ1) is 9.81. The molecule has 0 unspecified atom stereocenters. The topological polar surface area (TPSA) is 62.2 Å². The maximum atomic E-state index is 12.2. The molecular weight excluding hydrogens is 252 g/mol. The Morgan fingerprint density at radius 1 is 1.15 bits per heavy atom. The Bertz CT molecular complexity index is 784. The second-order valence-electron chi connectivity index (χ2n) is 4.52. The van der Waals surface area contributed by atoms with Crippen molar-refractivity contribution in [1.29, 1.82) is 0 Å². The van der Waals surface area contributed by atoms with E-state index < -0.39 is 0 Å². The monoisotopic (exact) mass is 266 g/mol. The summed E-state index contributed by atoms with van der Waals surface area (Å²) in [4.78, 5) is 16.5. The van der Waals surface area contributed by atoms with Crippen molar-refractivity contribution in [3.8, 4) is 0 Å². The molecule has 2 aromatic carbocycles. The third-order valence-electron chi connectivity index (χ3n) is 3.26. The number of aromatic nitrogens is 1. The van der Waals surface area contributed by atoms with Crippen molar-refractivity contribution >= 4 is 27.6 Å². The van der Waals surface area contributed by atoms with E-state index in [1.165, 1.54) is 0 Å². The number of fused-ring (bicyclic) bond motifs is 3. The van der Waals surface area contributed by atoms with Crippen LogP contribution in [0, 0.1) is 0 Å². The molecule has 0 aliphatic rings. The summed E-state index contributed by atoms with van der Waals surface area (Å²) >= 11 is 0. The molecule has 0 aliphatic carbocycles. The van der Waals surface area contributed by atoms with Gasteiger partial charge >= 0.3 is 0 Å². The van der Waals surface area contributed by atoms with Gasteiger partial charge in [-0.1, -0.05) is 30.3 Å². The maximum Gasteiger partial charge on any atom is 0.253 e. The van der Waals surface area contributed by atoms with Crippen LogP contribution in [0.2, 0.25) is 0 Å². The van der Waals surface area contributed by atoms with E-state index in [0.717, 1.165) is 16.2 Å². The van der Waals surface area contributed by atoms with Gasteiger partial charge in [-0.15, -0.1) is 0 Å². The molecule has 1 amide bonds. The van der Waals surface area contributed by atoms with Crippen molar-refractivity contribution in [1.82, 2.24) is 10.3 Å². The maximum absolute atomic E-state index is 12.2. The predicted octanol–water partition coefficient (Wildman–Crippen LogP) is 2.11. The third kappa shape index (κ3) is 2.10. The van der Waals surface area contributed by atoms with E-state index in [4.69, 9.17) is 5.11 Å². The van der Waals surface area contributed by atoms with Crippen molar-refractivity contribution in [3.05, 3.63) is 54.2 Å². The summed E-state index contributed by atoms with van der Waals surface area (Å²) < 4.78 is 0. The van der Waals surface area contributed by atoms with E-state index >= 15 is 0 Å². The zero-order chi connectivity index (χ0) is 13.9. The zero-order valence-electron chi connectivity index (χ0n) is 10.8. The van der Waals surface area contributed by atoms with Gasteiger partial charge in [-0.25, -0.2) is 0 Å². The molecule has 2 N–H and O–H groups in total. The highest BCUT2D eigenvalue weighted by molar-refractivity contribution is 6.15. The van der Waals surface area contributed by atoms with Crippen LogP contribution < -0.4 is 5.32 Å². The van der Waals surface area contributed by atoms with Crippen LogP contribution in [0.5, 0.6) is 0 Å². The molecule has 0 saturated heterocycles. The van der Waals surface area contributed by atoms with E-state index in [-0.39, 0.29) is 19.1 Å². The fraction of sp³-hybridized carbons (Fsp3) is 0.125. The SMILES string of the molecule is O=C(NCCO)c1cc2ccccc2c2cccnc12. The number of amides is 1. The minimum atomic E-state index is -0.214. The van der Waals surface area contributed by atoms with Crippen molar-refractivity contribution in [2.75, 3.05) is 13.2 Å². The molecule has 20 heavy (non-hydrogen) atoms. The third-order valence-corrected chi connectivity index (χ3v) is 3.26. The van der Waals surface area contributed by atoms with Crippen LogP contribution in [-0.4, -0.2) is 29.1 Å². The molecule has 0 saturated carbocycles. The summed E-state index contributed by atoms with van der Waals surface area (Å²) in [6.07, 6.45) is 1.68. The van der Waals surface area contributed by atoms with Gasteiger partial charge in [0.05, 0.1) is 17.7 Å². The number of pyridine rings is 1. The lowest BCUT2D eigenvalue weighted by molar-refractivity contribution is 0.0946. The highest BCUT2D eigenvalue weighted by atomic mass is 16.3. The number of hydrogen-bond acceptors (Lipinski definition) is 3. The average Bonchev–Trinajstić information content (AvgIpc) is 2.52. The molecule has 0 bridgehead atoms. The average molecular weight is 266 g/mol. The zero-order valence-corrected chi connectivity index (χ0v) is 10.8. The fourth-order valence-electron chi connectivity index (χ4n) is 2.37. The van der Waals surface area contributed by atoms with Crippen molar-refractivity contribution < 1.29 is 9.90 Å². The van der Waals surface area contributed by atoms with E-state index in [1.54, 1.807) is 6.20 Å². The Hall–Kier alpha value is -2.46. The van der Waals surface area contributed by atoms with Crippen molar-refractivity contribution in [3.63, 3.8) is 0 Å². The molecule has 3 rings (SSSR count). The van der Waals surface area contributed by atoms with Crippen LogP contribution in [0.3, 0.4) is 0 Å². The summed E-state index contributed by atoms with van der Waals surface area (Å²) in [7, 11) is 0. The quantitative estimate of drug-likeness (QED) is 0.714. The van der Waals surface area contributed by atoms with E-state index in [0.29, 0.717) is 11.1 Å².